The van der Waals surface area contributed by atoms with Crippen LogP contribution in [-0.4, -0.2) is 37.3 Å². The Kier molecular flexibility index (Phi) is 6.12. The molecule has 1 N–H and O–H groups in total. The molecule has 1 aliphatic heterocycles. The molecule has 1 aromatic heterocycles. The maximum Gasteiger partial charge on any atom is 0.171 e. The van der Waals surface area contributed by atoms with Crippen LogP contribution in [-0.2, 0) is 0 Å². The van der Waals surface area contributed by atoms with Crippen LogP contribution in [0.15, 0.2) is 18.3 Å². The summed E-state index contributed by atoms with van der Waals surface area (Å²) >= 11 is 0. The standard InChI is InChI=1S/C16H27N3O/c1-3-12-19(13-14-8-5-6-10-17-14)16-15(20-4-2)9-7-11-18-16/h7,9,11,14,17H,3-6,8,10,12-13H2,1-2H3. The van der Waals surface area contributed by atoms with E-state index in [0.717, 1.165) is 37.6 Å². The number of ether oxygens (including phenoxy) is 1. The van der Waals surface area contributed by atoms with Crippen LogP contribution in [0.3, 0.4) is 0 Å². The Hall–Kier alpha value is -1.29. The van der Waals surface area contributed by atoms with E-state index in [1.165, 1.54) is 19.3 Å². The number of hydrogen-bond donors (Lipinski definition) is 1. The molecule has 0 saturated carbocycles. The van der Waals surface area contributed by atoms with Gasteiger partial charge in [0.15, 0.2) is 11.6 Å². The van der Waals surface area contributed by atoms with Gasteiger partial charge in [0.1, 0.15) is 0 Å². The molecule has 20 heavy (non-hydrogen) atoms. The first-order valence-electron chi connectivity index (χ1n) is 7.91. The van der Waals surface area contributed by atoms with E-state index in [9.17, 15) is 0 Å². The van der Waals surface area contributed by atoms with E-state index in [1.807, 2.05) is 25.3 Å². The van der Waals surface area contributed by atoms with Crippen LogP contribution in [0.2, 0.25) is 0 Å². The van der Waals surface area contributed by atoms with Gasteiger partial charge in [-0.2, -0.15) is 0 Å². The van der Waals surface area contributed by atoms with Gasteiger partial charge in [-0.25, -0.2) is 4.98 Å². The van der Waals surface area contributed by atoms with Crippen molar-refractivity contribution in [3.05, 3.63) is 18.3 Å². The van der Waals surface area contributed by atoms with Gasteiger partial charge in [-0.05, 0) is 44.9 Å². The zero-order valence-corrected chi connectivity index (χ0v) is 12.8. The van der Waals surface area contributed by atoms with Crippen molar-refractivity contribution in [2.45, 2.75) is 45.6 Å². The molecule has 2 heterocycles. The number of piperidine rings is 1. The van der Waals surface area contributed by atoms with Crippen molar-refractivity contribution < 1.29 is 4.74 Å². The van der Waals surface area contributed by atoms with Crippen molar-refractivity contribution in [3.63, 3.8) is 0 Å². The predicted molar refractivity (Wildman–Crippen MR) is 83.6 cm³/mol. The van der Waals surface area contributed by atoms with Gasteiger partial charge in [0.2, 0.25) is 0 Å². The van der Waals surface area contributed by atoms with Crippen molar-refractivity contribution in [2.24, 2.45) is 0 Å². The van der Waals surface area contributed by atoms with Gasteiger partial charge in [-0.1, -0.05) is 13.3 Å². The molecule has 0 aromatic carbocycles. The Morgan fingerprint density at radius 2 is 2.30 bits per heavy atom. The maximum absolute atomic E-state index is 5.73. The van der Waals surface area contributed by atoms with Crippen LogP contribution in [0, 0.1) is 0 Å². The van der Waals surface area contributed by atoms with E-state index in [-0.39, 0.29) is 0 Å². The Bertz CT molecular complexity index is 391. The summed E-state index contributed by atoms with van der Waals surface area (Å²) in [7, 11) is 0. The lowest BCUT2D eigenvalue weighted by atomic mass is 10.0. The number of nitrogens with zero attached hydrogens (tertiary/aromatic N) is 2. The molecule has 2 rings (SSSR count). The monoisotopic (exact) mass is 277 g/mol. The molecule has 0 aliphatic carbocycles. The average Bonchev–Trinajstić information content (AvgIpc) is 2.49. The molecule has 0 bridgehead atoms. The summed E-state index contributed by atoms with van der Waals surface area (Å²) in [6, 6.07) is 4.53. The van der Waals surface area contributed by atoms with Crippen molar-refractivity contribution in [1.82, 2.24) is 10.3 Å². The third-order valence-electron chi connectivity index (χ3n) is 3.70. The van der Waals surface area contributed by atoms with Crippen LogP contribution in [0.25, 0.3) is 0 Å². The van der Waals surface area contributed by atoms with Crippen LogP contribution < -0.4 is 15.0 Å². The van der Waals surface area contributed by atoms with Gasteiger partial charge in [-0.15, -0.1) is 0 Å². The van der Waals surface area contributed by atoms with E-state index in [4.69, 9.17) is 4.74 Å². The normalized spacial score (nSPS) is 18.8. The van der Waals surface area contributed by atoms with Crippen molar-refractivity contribution in [2.75, 3.05) is 31.1 Å². The summed E-state index contributed by atoms with van der Waals surface area (Å²) in [6.07, 6.45) is 6.87. The summed E-state index contributed by atoms with van der Waals surface area (Å²) in [5.41, 5.74) is 0. The Morgan fingerprint density at radius 3 is 3.00 bits per heavy atom. The van der Waals surface area contributed by atoms with Crippen molar-refractivity contribution >= 4 is 5.82 Å². The smallest absolute Gasteiger partial charge is 0.171 e. The van der Waals surface area contributed by atoms with E-state index < -0.39 is 0 Å². The molecular weight excluding hydrogens is 250 g/mol. The lowest BCUT2D eigenvalue weighted by molar-refractivity contribution is 0.337. The SMILES string of the molecule is CCCN(CC1CCCCN1)c1ncccc1OCC. The fourth-order valence-electron chi connectivity index (χ4n) is 2.79. The molecule has 4 heteroatoms. The second-order valence-corrected chi connectivity index (χ2v) is 5.35. The van der Waals surface area contributed by atoms with Crippen LogP contribution in [0.1, 0.15) is 39.5 Å². The van der Waals surface area contributed by atoms with Crippen LogP contribution in [0.5, 0.6) is 5.75 Å². The molecule has 1 unspecified atom stereocenters. The number of pyridine rings is 1. The number of hydrogen-bond acceptors (Lipinski definition) is 4. The summed E-state index contributed by atoms with van der Waals surface area (Å²) in [6.45, 7) is 8.10. The zero-order chi connectivity index (χ0) is 14.2. The minimum atomic E-state index is 0.576. The third kappa shape index (κ3) is 4.10. The second kappa shape index (κ2) is 8.10. The third-order valence-corrected chi connectivity index (χ3v) is 3.70. The van der Waals surface area contributed by atoms with Gasteiger partial charge >= 0.3 is 0 Å². The van der Waals surface area contributed by atoms with Gasteiger partial charge in [0.05, 0.1) is 6.61 Å². The Morgan fingerprint density at radius 1 is 1.40 bits per heavy atom. The van der Waals surface area contributed by atoms with E-state index >= 15 is 0 Å². The molecule has 4 nitrogen and oxygen atoms in total. The van der Waals surface area contributed by atoms with E-state index in [0.29, 0.717) is 12.6 Å². The maximum atomic E-state index is 5.73. The van der Waals surface area contributed by atoms with Crippen molar-refractivity contribution in [3.8, 4) is 5.75 Å². The summed E-state index contributed by atoms with van der Waals surface area (Å²) in [5, 5.41) is 3.62. The Labute approximate surface area is 122 Å². The lowest BCUT2D eigenvalue weighted by Gasteiger charge is -2.32. The van der Waals surface area contributed by atoms with Gasteiger partial charge in [-0.3, -0.25) is 0 Å². The molecule has 1 saturated heterocycles. The predicted octanol–water partition coefficient (Wildman–Crippen LogP) is 2.84. The molecule has 1 aromatic rings. The Balaban J connectivity index is 2.10. The topological polar surface area (TPSA) is 37.4 Å². The highest BCUT2D eigenvalue weighted by atomic mass is 16.5. The first-order chi connectivity index (χ1) is 9.85. The molecule has 1 fully saturated rings. The highest BCUT2D eigenvalue weighted by Crippen LogP contribution is 2.26. The highest BCUT2D eigenvalue weighted by molar-refractivity contribution is 5.52. The highest BCUT2D eigenvalue weighted by Gasteiger charge is 2.19. The number of anilines is 1. The molecule has 0 radical (unpaired) electrons. The van der Waals surface area contributed by atoms with Crippen LogP contribution >= 0.6 is 0 Å². The molecule has 1 aliphatic rings. The summed E-state index contributed by atoms with van der Waals surface area (Å²) in [4.78, 5) is 6.92. The van der Waals surface area contributed by atoms with E-state index in [2.05, 4.69) is 22.1 Å². The summed E-state index contributed by atoms with van der Waals surface area (Å²) < 4.78 is 5.73. The number of aromatic nitrogens is 1. The quantitative estimate of drug-likeness (QED) is 0.831. The first kappa shape index (κ1) is 15.1. The molecule has 0 amide bonds. The molecule has 1 atom stereocenters. The largest absolute Gasteiger partial charge is 0.490 e. The zero-order valence-electron chi connectivity index (χ0n) is 12.8. The lowest BCUT2D eigenvalue weighted by Crippen LogP contribution is -2.44. The van der Waals surface area contributed by atoms with Gasteiger partial charge in [0, 0.05) is 25.3 Å². The summed E-state index contributed by atoms with van der Waals surface area (Å²) in [5.74, 6) is 1.89. The fourth-order valence-corrected chi connectivity index (χ4v) is 2.79. The molecular formula is C16H27N3O. The number of nitrogens with one attached hydrogen (secondary N) is 1. The minimum absolute atomic E-state index is 0.576. The van der Waals surface area contributed by atoms with E-state index in [1.54, 1.807) is 0 Å². The van der Waals surface area contributed by atoms with Gasteiger partial charge in [0.25, 0.3) is 0 Å². The second-order valence-electron chi connectivity index (χ2n) is 5.35. The minimum Gasteiger partial charge on any atom is -0.490 e. The van der Waals surface area contributed by atoms with Crippen molar-refractivity contribution in [1.29, 1.82) is 0 Å². The average molecular weight is 277 g/mol. The molecule has 112 valence electrons. The first-order valence-corrected chi connectivity index (χ1v) is 7.91. The molecule has 0 spiro atoms. The number of rotatable bonds is 7. The fraction of sp³-hybridized carbons (Fsp3) is 0.688. The van der Waals surface area contributed by atoms with Gasteiger partial charge < -0.3 is 15.0 Å². The van der Waals surface area contributed by atoms with Crippen LogP contribution in [0.4, 0.5) is 5.82 Å².